The number of carbonyl (C=O) groups excluding carboxylic acids is 1. The van der Waals surface area contributed by atoms with E-state index in [4.69, 9.17) is 0 Å². The number of rotatable bonds is 7. The Hall–Kier alpha value is -1.86. The molecule has 25 heavy (non-hydrogen) atoms. The van der Waals surface area contributed by atoms with Crippen molar-refractivity contribution in [3.8, 4) is 0 Å². The Morgan fingerprint density at radius 2 is 1.96 bits per heavy atom. The molecule has 7 heteroatoms. The minimum Gasteiger partial charge on any atom is -0.349 e. The molecule has 0 aliphatic heterocycles. The van der Waals surface area contributed by atoms with Crippen LogP contribution in [-0.2, 0) is 6.42 Å². The number of halogens is 1. The number of aryl methyl sites for hydroxylation is 1. The molecule has 0 saturated heterocycles. The van der Waals surface area contributed by atoms with Gasteiger partial charge in [0.1, 0.15) is 5.56 Å². The summed E-state index contributed by atoms with van der Waals surface area (Å²) >= 11 is 4.84. The number of thioether (sulfide) groups is 1. The summed E-state index contributed by atoms with van der Waals surface area (Å²) in [4.78, 5) is 23.9. The number of hydrogen-bond donors (Lipinski definition) is 1. The maximum Gasteiger partial charge on any atom is 0.282 e. The molecule has 0 spiro atoms. The molecule has 0 radical (unpaired) electrons. The van der Waals surface area contributed by atoms with Crippen LogP contribution in [0.1, 0.15) is 29.3 Å². The third kappa shape index (κ3) is 5.57. The van der Waals surface area contributed by atoms with Gasteiger partial charge in [-0.25, -0.2) is 0 Å². The summed E-state index contributed by atoms with van der Waals surface area (Å²) in [5.41, 5.74) is 1.11. The molecule has 5 nitrogen and oxygen atoms in total. The zero-order valence-corrected chi connectivity index (χ0v) is 16.4. The van der Waals surface area contributed by atoms with Crippen molar-refractivity contribution in [1.29, 1.82) is 0 Å². The van der Waals surface area contributed by atoms with Crippen LogP contribution in [0.2, 0.25) is 0 Å². The van der Waals surface area contributed by atoms with Gasteiger partial charge in [-0.05, 0) is 55.9 Å². The van der Waals surface area contributed by atoms with Gasteiger partial charge in [0.05, 0.1) is 4.92 Å². The minimum atomic E-state index is -0.522. The SMILES string of the molecule is CSc1ccc([N+](=O)[O-])c(C(=O)NC(C)CCc2ccc(Br)cc2)c1. The van der Waals surface area contributed by atoms with Crippen molar-refractivity contribution in [3.05, 3.63) is 68.2 Å². The molecular formula is C18H19BrN2O3S. The average molecular weight is 423 g/mol. The van der Waals surface area contributed by atoms with E-state index in [0.717, 1.165) is 22.2 Å². The van der Waals surface area contributed by atoms with Crippen LogP contribution in [0.4, 0.5) is 5.69 Å². The molecule has 0 heterocycles. The third-order valence-corrected chi connectivity index (χ3v) is 5.06. The molecule has 0 aliphatic rings. The van der Waals surface area contributed by atoms with E-state index in [1.54, 1.807) is 12.1 Å². The lowest BCUT2D eigenvalue weighted by molar-refractivity contribution is -0.385. The van der Waals surface area contributed by atoms with Gasteiger partial charge in [0.2, 0.25) is 0 Å². The first-order chi connectivity index (χ1) is 11.9. The number of hydrogen-bond acceptors (Lipinski definition) is 4. The Morgan fingerprint density at radius 1 is 1.28 bits per heavy atom. The second kappa shape index (κ2) is 9.01. The third-order valence-electron chi connectivity index (χ3n) is 3.80. The number of nitro benzene ring substituents is 1. The zero-order valence-electron chi connectivity index (χ0n) is 14.0. The fourth-order valence-electron chi connectivity index (χ4n) is 2.39. The van der Waals surface area contributed by atoms with Crippen molar-refractivity contribution < 1.29 is 9.72 Å². The first kappa shape index (κ1) is 19.5. The van der Waals surface area contributed by atoms with Crippen molar-refractivity contribution >= 4 is 39.3 Å². The Bertz CT molecular complexity index is 765. The summed E-state index contributed by atoms with van der Waals surface area (Å²) in [5.74, 6) is -0.411. The van der Waals surface area contributed by atoms with Gasteiger partial charge < -0.3 is 5.32 Å². The van der Waals surface area contributed by atoms with Gasteiger partial charge in [-0.1, -0.05) is 28.1 Å². The number of carbonyl (C=O) groups is 1. The largest absolute Gasteiger partial charge is 0.349 e. The molecule has 0 aromatic heterocycles. The van der Waals surface area contributed by atoms with Crippen molar-refractivity contribution in [2.75, 3.05) is 6.26 Å². The summed E-state index contributed by atoms with van der Waals surface area (Å²) in [6, 6.07) is 12.5. The maximum absolute atomic E-state index is 12.5. The zero-order chi connectivity index (χ0) is 18.4. The van der Waals surface area contributed by atoms with E-state index in [2.05, 4.69) is 21.2 Å². The molecule has 1 N–H and O–H groups in total. The first-order valence-corrected chi connectivity index (χ1v) is 9.80. The highest BCUT2D eigenvalue weighted by Crippen LogP contribution is 2.25. The van der Waals surface area contributed by atoms with Crippen LogP contribution in [-0.4, -0.2) is 23.1 Å². The second-order valence-electron chi connectivity index (χ2n) is 5.68. The molecule has 1 unspecified atom stereocenters. The monoisotopic (exact) mass is 422 g/mol. The van der Waals surface area contributed by atoms with Gasteiger partial charge in [-0.2, -0.15) is 0 Å². The molecular weight excluding hydrogens is 404 g/mol. The van der Waals surface area contributed by atoms with E-state index in [9.17, 15) is 14.9 Å². The van der Waals surface area contributed by atoms with Crippen molar-refractivity contribution in [3.63, 3.8) is 0 Å². The van der Waals surface area contributed by atoms with Gasteiger partial charge in [0, 0.05) is 21.5 Å². The Labute approximate surface area is 159 Å². The summed E-state index contributed by atoms with van der Waals surface area (Å²) in [6.07, 6.45) is 3.44. The van der Waals surface area contributed by atoms with Gasteiger partial charge in [-0.15, -0.1) is 11.8 Å². The Kier molecular flexibility index (Phi) is 7.01. The van der Waals surface area contributed by atoms with E-state index in [1.807, 2.05) is 37.4 Å². The minimum absolute atomic E-state index is 0.0892. The van der Waals surface area contributed by atoms with Crippen LogP contribution in [0.3, 0.4) is 0 Å². The van der Waals surface area contributed by atoms with Gasteiger partial charge >= 0.3 is 0 Å². The van der Waals surface area contributed by atoms with Gasteiger partial charge in [0.15, 0.2) is 0 Å². The molecule has 2 aromatic carbocycles. The lowest BCUT2D eigenvalue weighted by Crippen LogP contribution is -2.33. The first-order valence-electron chi connectivity index (χ1n) is 7.78. The number of nitro groups is 1. The van der Waals surface area contributed by atoms with Crippen LogP contribution in [0.15, 0.2) is 51.8 Å². The fraction of sp³-hybridized carbons (Fsp3) is 0.278. The highest BCUT2D eigenvalue weighted by atomic mass is 79.9. The molecule has 0 saturated carbocycles. The number of nitrogens with one attached hydrogen (secondary N) is 1. The number of amides is 1. The Balaban J connectivity index is 2.03. The molecule has 0 aliphatic carbocycles. The summed E-state index contributed by atoms with van der Waals surface area (Å²) < 4.78 is 1.03. The lowest BCUT2D eigenvalue weighted by Gasteiger charge is -2.14. The smallest absolute Gasteiger partial charge is 0.282 e. The van der Waals surface area contributed by atoms with E-state index in [0.29, 0.717) is 0 Å². The predicted molar refractivity (Wildman–Crippen MR) is 104 cm³/mol. The van der Waals surface area contributed by atoms with Crippen molar-refractivity contribution in [1.82, 2.24) is 5.32 Å². The quantitative estimate of drug-likeness (QED) is 0.393. The van der Waals surface area contributed by atoms with E-state index >= 15 is 0 Å². The van der Waals surface area contributed by atoms with Crippen molar-refractivity contribution in [2.45, 2.75) is 30.7 Å². The molecule has 1 amide bonds. The summed E-state index contributed by atoms with van der Waals surface area (Å²) in [7, 11) is 0. The van der Waals surface area contributed by atoms with Crippen LogP contribution in [0.5, 0.6) is 0 Å². The van der Waals surface area contributed by atoms with Crippen LogP contribution < -0.4 is 5.32 Å². The van der Waals surface area contributed by atoms with Crippen LogP contribution >= 0.6 is 27.7 Å². The molecule has 132 valence electrons. The lowest BCUT2D eigenvalue weighted by atomic mass is 10.1. The number of nitrogens with zero attached hydrogens (tertiary/aromatic N) is 1. The van der Waals surface area contributed by atoms with Gasteiger partial charge in [0.25, 0.3) is 11.6 Å². The summed E-state index contributed by atoms with van der Waals surface area (Å²) in [5, 5.41) is 14.0. The summed E-state index contributed by atoms with van der Waals surface area (Å²) in [6.45, 7) is 1.90. The predicted octanol–water partition coefficient (Wildman–Crippen LogP) is 4.83. The normalized spacial score (nSPS) is 11.8. The van der Waals surface area contributed by atoms with E-state index in [-0.39, 0.29) is 17.3 Å². The number of benzene rings is 2. The molecule has 2 aromatic rings. The Morgan fingerprint density at radius 3 is 2.56 bits per heavy atom. The highest BCUT2D eigenvalue weighted by molar-refractivity contribution is 9.10. The molecule has 0 bridgehead atoms. The van der Waals surface area contributed by atoms with E-state index < -0.39 is 10.8 Å². The van der Waals surface area contributed by atoms with Gasteiger partial charge in [-0.3, -0.25) is 14.9 Å². The van der Waals surface area contributed by atoms with Crippen LogP contribution in [0.25, 0.3) is 0 Å². The highest BCUT2D eigenvalue weighted by Gasteiger charge is 2.21. The van der Waals surface area contributed by atoms with E-state index in [1.165, 1.54) is 23.4 Å². The topological polar surface area (TPSA) is 72.2 Å². The fourth-order valence-corrected chi connectivity index (χ4v) is 3.10. The molecule has 1 atom stereocenters. The van der Waals surface area contributed by atoms with Crippen molar-refractivity contribution in [2.24, 2.45) is 0 Å². The van der Waals surface area contributed by atoms with Crippen LogP contribution in [0, 0.1) is 10.1 Å². The standard InChI is InChI=1S/C18H19BrN2O3S/c1-12(3-4-13-5-7-14(19)8-6-13)20-18(22)16-11-15(25-2)9-10-17(16)21(23)24/h5-12H,3-4H2,1-2H3,(H,20,22). The maximum atomic E-state index is 12.5. The average Bonchev–Trinajstić information content (AvgIpc) is 2.60. The molecule has 2 rings (SSSR count). The second-order valence-corrected chi connectivity index (χ2v) is 7.48. The molecule has 0 fully saturated rings.